The maximum atomic E-state index is 11.7. The Bertz CT molecular complexity index is 1250. The highest BCUT2D eigenvalue weighted by molar-refractivity contribution is 5.70. The van der Waals surface area contributed by atoms with Crippen molar-refractivity contribution in [3.63, 3.8) is 0 Å². The summed E-state index contributed by atoms with van der Waals surface area (Å²) >= 11 is 0. The molecule has 0 amide bonds. The van der Waals surface area contributed by atoms with E-state index in [2.05, 4.69) is 30.6 Å². The zero-order valence-electron chi connectivity index (χ0n) is 25.6. The molecule has 0 spiro atoms. The molecule has 0 radical (unpaired) electrons. The van der Waals surface area contributed by atoms with Gasteiger partial charge in [0.25, 0.3) is 0 Å². The van der Waals surface area contributed by atoms with Crippen molar-refractivity contribution in [1.29, 1.82) is 5.26 Å². The summed E-state index contributed by atoms with van der Waals surface area (Å²) in [5.41, 5.74) is 0.296. The van der Waals surface area contributed by atoms with Gasteiger partial charge in [0.1, 0.15) is 30.6 Å². The van der Waals surface area contributed by atoms with Crippen molar-refractivity contribution < 1.29 is 48.3 Å². The van der Waals surface area contributed by atoms with Gasteiger partial charge in [-0.25, -0.2) is 28.9 Å². The van der Waals surface area contributed by atoms with Crippen LogP contribution in [-0.4, -0.2) is 99.1 Å². The van der Waals surface area contributed by atoms with Crippen molar-refractivity contribution in [2.45, 2.75) is 84.4 Å². The third-order valence-corrected chi connectivity index (χ3v) is 5.01. The number of nitrogens with zero attached hydrogens (tertiary/aromatic N) is 6. The Balaban J connectivity index is 0.000000548. The summed E-state index contributed by atoms with van der Waals surface area (Å²) in [5.74, 6) is 0.532. The molecule has 16 heteroatoms. The zero-order valence-corrected chi connectivity index (χ0v) is 25.6. The number of carboxylic acid groups (broad SMARTS) is 2. The monoisotopic (exact) mass is 608 g/mol. The Morgan fingerprint density at radius 1 is 1.12 bits per heavy atom. The highest BCUT2D eigenvalue weighted by Crippen LogP contribution is 2.40. The van der Waals surface area contributed by atoms with Gasteiger partial charge in [-0.3, -0.25) is 0 Å². The first-order valence-electron chi connectivity index (χ1n) is 13.3. The van der Waals surface area contributed by atoms with Gasteiger partial charge in [0.05, 0.1) is 30.3 Å². The molecule has 1 aliphatic heterocycles. The summed E-state index contributed by atoms with van der Waals surface area (Å²) in [6.45, 7) is 9.90. The number of fused-ring (bicyclic) bond motifs is 1. The predicted octanol–water partition coefficient (Wildman–Crippen LogP) is 4.80. The minimum absolute atomic E-state index is 0.192. The molecule has 3 heterocycles. The third-order valence-electron chi connectivity index (χ3n) is 5.01. The van der Waals surface area contributed by atoms with E-state index < -0.39 is 24.1 Å². The van der Waals surface area contributed by atoms with Gasteiger partial charge in [0.15, 0.2) is 11.4 Å². The van der Waals surface area contributed by atoms with E-state index in [1.807, 2.05) is 31.1 Å². The van der Waals surface area contributed by atoms with Gasteiger partial charge in [-0.2, -0.15) is 10.4 Å². The lowest BCUT2D eigenvalue weighted by atomic mass is 10.0. The average molecular weight is 609 g/mol. The van der Waals surface area contributed by atoms with E-state index in [9.17, 15) is 19.6 Å². The molecule has 2 atom stereocenters. The van der Waals surface area contributed by atoms with Gasteiger partial charge >= 0.3 is 18.5 Å². The van der Waals surface area contributed by atoms with Gasteiger partial charge in [-0.05, 0) is 66.5 Å². The minimum Gasteiger partial charge on any atom is -0.450 e. The Labute approximate surface area is 249 Å². The van der Waals surface area contributed by atoms with Crippen LogP contribution in [0.4, 0.5) is 20.2 Å². The van der Waals surface area contributed by atoms with E-state index in [4.69, 9.17) is 24.4 Å². The van der Waals surface area contributed by atoms with E-state index in [0.717, 1.165) is 11.2 Å². The Hall–Kier alpha value is -4.65. The summed E-state index contributed by atoms with van der Waals surface area (Å²) < 4.78 is 26.1. The predicted molar refractivity (Wildman–Crippen MR) is 152 cm³/mol. The number of carbonyl (C=O) groups is 3. The van der Waals surface area contributed by atoms with Crippen LogP contribution in [0.15, 0.2) is 23.5 Å². The average Bonchev–Trinajstić information content (AvgIpc) is 3.50. The van der Waals surface area contributed by atoms with E-state index in [0.29, 0.717) is 18.7 Å². The molecule has 43 heavy (non-hydrogen) atoms. The van der Waals surface area contributed by atoms with Crippen molar-refractivity contribution >= 4 is 36.1 Å². The first kappa shape index (κ1) is 36.4. The fourth-order valence-corrected chi connectivity index (χ4v) is 3.44. The molecule has 0 aromatic carbocycles. The summed E-state index contributed by atoms with van der Waals surface area (Å²) in [6.07, 6.45) is -0.260. The van der Waals surface area contributed by atoms with Gasteiger partial charge < -0.3 is 38.8 Å². The van der Waals surface area contributed by atoms with Crippen LogP contribution in [0.1, 0.15) is 66.2 Å². The maximum Gasteiger partial charge on any atom is 0.508 e. The number of nitriles is 1. The Morgan fingerprint density at radius 3 is 2.16 bits per heavy atom. The number of aliphatic imine (C=N–C) groups is 1. The van der Waals surface area contributed by atoms with Crippen LogP contribution < -0.4 is 0 Å². The zero-order chi connectivity index (χ0) is 32.7. The number of ether oxygens (including phenoxy) is 5. The summed E-state index contributed by atoms with van der Waals surface area (Å²) in [5, 5.41) is 29.7. The van der Waals surface area contributed by atoms with Gasteiger partial charge in [0.2, 0.25) is 0 Å². The molecule has 2 aromatic heterocycles. The highest BCUT2D eigenvalue weighted by atomic mass is 16.7. The minimum atomic E-state index is -1.22. The van der Waals surface area contributed by atoms with Crippen LogP contribution in [0.5, 0.6) is 0 Å². The molecule has 0 saturated carbocycles. The van der Waals surface area contributed by atoms with Crippen LogP contribution in [0.3, 0.4) is 0 Å². The third kappa shape index (κ3) is 13.3. The smallest absolute Gasteiger partial charge is 0.450 e. The second-order valence-corrected chi connectivity index (χ2v) is 10.2. The van der Waals surface area contributed by atoms with Gasteiger partial charge in [-0.15, -0.1) is 0 Å². The lowest BCUT2D eigenvalue weighted by Gasteiger charge is -2.21. The van der Waals surface area contributed by atoms with Crippen LogP contribution in [-0.2, 0) is 23.7 Å². The normalized spacial score (nSPS) is 17.5. The molecule has 3 rings (SSSR count). The van der Waals surface area contributed by atoms with Crippen LogP contribution in [0.2, 0.25) is 0 Å². The van der Waals surface area contributed by atoms with E-state index >= 15 is 0 Å². The molecule has 0 bridgehead atoms. The van der Waals surface area contributed by atoms with Crippen molar-refractivity contribution in [2.75, 3.05) is 20.7 Å². The van der Waals surface area contributed by atoms with Gasteiger partial charge in [0, 0.05) is 14.1 Å². The van der Waals surface area contributed by atoms with E-state index in [1.54, 1.807) is 52.4 Å². The van der Waals surface area contributed by atoms with Crippen molar-refractivity contribution in [3.8, 4) is 6.07 Å². The molecule has 16 nitrogen and oxygen atoms in total. The molecule has 0 aliphatic carbocycles. The number of carbonyl (C=O) groups excluding carboxylic acids is 1. The fraction of sp³-hybridized carbons (Fsp3) is 0.593. The summed E-state index contributed by atoms with van der Waals surface area (Å²) in [4.78, 5) is 41.2. The van der Waals surface area contributed by atoms with E-state index in [1.165, 1.54) is 6.33 Å². The fourth-order valence-electron chi connectivity index (χ4n) is 3.44. The van der Waals surface area contributed by atoms with Crippen LogP contribution in [0, 0.1) is 11.3 Å². The molecule has 238 valence electrons. The number of hydrogen-bond acceptors (Lipinski definition) is 12. The summed E-state index contributed by atoms with van der Waals surface area (Å²) in [6, 6.07) is 5.89. The Kier molecular flexibility index (Phi) is 14.7. The number of aromatic nitrogens is 3. The topological polar surface area (TPSA) is 207 Å². The van der Waals surface area contributed by atoms with E-state index in [-0.39, 0.29) is 31.0 Å². The lowest BCUT2D eigenvalue weighted by molar-refractivity contribution is -0.0584. The molecule has 2 unspecified atom stereocenters. The molecular formula is C27H40N6O10. The summed E-state index contributed by atoms with van der Waals surface area (Å²) in [7, 11) is 3.75. The second kappa shape index (κ2) is 17.3. The van der Waals surface area contributed by atoms with Crippen molar-refractivity contribution in [2.24, 2.45) is 4.99 Å². The second-order valence-electron chi connectivity index (χ2n) is 10.2. The SMILES string of the molecule is CC(C)OC(=O)O.CC(C)OC(=O)O.CC(C)OC(=O)OCC1(C#N)CCC(c2ccc3c(N=CN(C)C)ncnn23)O1. The molecule has 1 fully saturated rings. The quantitative estimate of drug-likeness (QED) is 0.178. The first-order valence-corrected chi connectivity index (χ1v) is 13.3. The number of hydrogen-bond donors (Lipinski definition) is 2. The number of rotatable bonds is 8. The standard InChI is InChI=1S/C19H24N6O4.2C4H8O3/c1-13(2)28-18(26)27-10-19(9-20)8-7-16(29-19)14-5-6-15-17(22-12-24(3)4)21-11-23-25(14)15;2*1-3(2)7-4(5)6/h5-6,11-13,16H,7-8,10H2,1-4H3;2*3H,1-2H3,(H,5,6). The maximum absolute atomic E-state index is 11.7. The molecule has 2 aromatic rings. The molecule has 1 saturated heterocycles. The lowest BCUT2D eigenvalue weighted by Crippen LogP contribution is -2.34. The largest absolute Gasteiger partial charge is 0.508 e. The first-order chi connectivity index (χ1) is 20.1. The van der Waals surface area contributed by atoms with Crippen molar-refractivity contribution in [1.82, 2.24) is 19.5 Å². The van der Waals surface area contributed by atoms with Crippen molar-refractivity contribution in [3.05, 3.63) is 24.2 Å². The molecular weight excluding hydrogens is 568 g/mol. The van der Waals surface area contributed by atoms with Crippen LogP contribution >= 0.6 is 0 Å². The van der Waals surface area contributed by atoms with Crippen LogP contribution in [0.25, 0.3) is 5.52 Å². The molecule has 1 aliphatic rings. The van der Waals surface area contributed by atoms with Gasteiger partial charge in [-0.1, -0.05) is 0 Å². The molecule has 2 N–H and O–H groups in total. The Morgan fingerprint density at radius 2 is 1.70 bits per heavy atom. The highest BCUT2D eigenvalue weighted by Gasteiger charge is 2.43.